The Labute approximate surface area is 108 Å². The number of anilines is 1. The third kappa shape index (κ3) is 5.03. The van der Waals surface area contributed by atoms with Crippen molar-refractivity contribution in [3.05, 3.63) is 24.3 Å². The lowest BCUT2D eigenvalue weighted by molar-refractivity contribution is 0.112. The lowest BCUT2D eigenvalue weighted by Gasteiger charge is -2.06. The Balaban J connectivity index is 2.38. The minimum absolute atomic E-state index is 0.0239. The van der Waals surface area contributed by atoms with E-state index in [2.05, 4.69) is 0 Å². The predicted molar refractivity (Wildman–Crippen MR) is 70.2 cm³/mol. The number of hydrogen-bond acceptors (Lipinski definition) is 5. The molecule has 1 aromatic rings. The number of nitrogens with two attached hydrogens (primary N) is 1. The van der Waals surface area contributed by atoms with Crippen molar-refractivity contribution in [1.29, 1.82) is 0 Å². The van der Waals surface area contributed by atoms with Crippen molar-refractivity contribution in [1.82, 2.24) is 0 Å². The molecule has 0 aliphatic rings. The highest BCUT2D eigenvalue weighted by molar-refractivity contribution is 7.91. The molecule has 0 aliphatic carbocycles. The van der Waals surface area contributed by atoms with Crippen LogP contribution in [0, 0.1) is 0 Å². The SMILES string of the molecule is COCCCOCCS(=O)(=O)c1ccc(N)cc1. The maximum absolute atomic E-state index is 11.9. The average Bonchev–Trinajstić information content (AvgIpc) is 2.34. The smallest absolute Gasteiger partial charge is 0.180 e. The molecule has 0 amide bonds. The second-order valence-corrected chi connectivity index (χ2v) is 5.96. The van der Waals surface area contributed by atoms with E-state index in [1.807, 2.05) is 0 Å². The minimum Gasteiger partial charge on any atom is -0.399 e. The normalized spacial score (nSPS) is 11.6. The van der Waals surface area contributed by atoms with E-state index in [0.29, 0.717) is 18.9 Å². The molecule has 0 atom stereocenters. The van der Waals surface area contributed by atoms with Gasteiger partial charge >= 0.3 is 0 Å². The number of benzene rings is 1. The van der Waals surface area contributed by atoms with Gasteiger partial charge in [0, 0.05) is 26.0 Å². The van der Waals surface area contributed by atoms with E-state index < -0.39 is 9.84 Å². The molecule has 18 heavy (non-hydrogen) atoms. The summed E-state index contributed by atoms with van der Waals surface area (Å²) in [5.74, 6) is -0.0239. The molecule has 0 unspecified atom stereocenters. The summed E-state index contributed by atoms with van der Waals surface area (Å²) in [5, 5.41) is 0. The van der Waals surface area contributed by atoms with Gasteiger partial charge in [-0.2, -0.15) is 0 Å². The number of hydrogen-bond donors (Lipinski definition) is 1. The summed E-state index contributed by atoms with van der Waals surface area (Å²) < 4.78 is 33.9. The summed E-state index contributed by atoms with van der Waals surface area (Å²) in [6.45, 7) is 1.31. The van der Waals surface area contributed by atoms with Crippen molar-refractivity contribution >= 4 is 15.5 Å². The molecule has 0 bridgehead atoms. The van der Waals surface area contributed by atoms with E-state index in [9.17, 15) is 8.42 Å². The maximum Gasteiger partial charge on any atom is 0.180 e. The summed E-state index contributed by atoms with van der Waals surface area (Å²) in [5.41, 5.74) is 6.05. The summed E-state index contributed by atoms with van der Waals surface area (Å²) >= 11 is 0. The van der Waals surface area contributed by atoms with Crippen LogP contribution in [0.5, 0.6) is 0 Å². The van der Waals surface area contributed by atoms with Crippen molar-refractivity contribution < 1.29 is 17.9 Å². The van der Waals surface area contributed by atoms with Gasteiger partial charge < -0.3 is 15.2 Å². The van der Waals surface area contributed by atoms with E-state index >= 15 is 0 Å². The van der Waals surface area contributed by atoms with E-state index in [1.54, 1.807) is 19.2 Å². The average molecular weight is 273 g/mol. The van der Waals surface area contributed by atoms with Crippen molar-refractivity contribution in [2.24, 2.45) is 0 Å². The first-order valence-corrected chi connectivity index (χ1v) is 7.36. The first-order chi connectivity index (χ1) is 8.56. The summed E-state index contributed by atoms with van der Waals surface area (Å²) in [6, 6.07) is 6.17. The van der Waals surface area contributed by atoms with Crippen LogP contribution in [0.4, 0.5) is 5.69 Å². The molecule has 0 heterocycles. The fourth-order valence-corrected chi connectivity index (χ4v) is 2.49. The van der Waals surface area contributed by atoms with Gasteiger partial charge in [0.25, 0.3) is 0 Å². The highest BCUT2D eigenvalue weighted by Gasteiger charge is 2.13. The first kappa shape index (κ1) is 14.9. The Kier molecular flexibility index (Phi) is 6.11. The molecule has 0 spiro atoms. The molecule has 5 nitrogen and oxygen atoms in total. The molecule has 0 saturated carbocycles. The molecule has 1 aromatic carbocycles. The topological polar surface area (TPSA) is 78.6 Å². The molecule has 1 rings (SSSR count). The Morgan fingerprint density at radius 1 is 1.11 bits per heavy atom. The van der Waals surface area contributed by atoms with Crippen LogP contribution in [0.1, 0.15) is 6.42 Å². The molecule has 0 aromatic heterocycles. The molecule has 0 radical (unpaired) electrons. The number of methoxy groups -OCH3 is 1. The third-order valence-electron chi connectivity index (χ3n) is 2.37. The quantitative estimate of drug-likeness (QED) is 0.566. The fourth-order valence-electron chi connectivity index (χ4n) is 1.37. The second-order valence-electron chi connectivity index (χ2n) is 3.85. The van der Waals surface area contributed by atoms with E-state index in [1.165, 1.54) is 12.1 Å². The number of nitrogen functional groups attached to an aromatic ring is 1. The van der Waals surface area contributed by atoms with Crippen LogP contribution in [0.15, 0.2) is 29.2 Å². The van der Waals surface area contributed by atoms with E-state index in [4.69, 9.17) is 15.2 Å². The highest BCUT2D eigenvalue weighted by atomic mass is 32.2. The van der Waals surface area contributed by atoms with Gasteiger partial charge in [0.2, 0.25) is 0 Å². The van der Waals surface area contributed by atoms with Crippen LogP contribution >= 0.6 is 0 Å². The van der Waals surface area contributed by atoms with Crippen LogP contribution in [-0.2, 0) is 19.3 Å². The minimum atomic E-state index is -3.28. The van der Waals surface area contributed by atoms with Crippen molar-refractivity contribution in [3.8, 4) is 0 Å². The van der Waals surface area contributed by atoms with Crippen LogP contribution < -0.4 is 5.73 Å². The standard InChI is InChI=1S/C12H19NO4S/c1-16-7-2-8-17-9-10-18(14,15)12-5-3-11(13)4-6-12/h3-6H,2,7-10,13H2,1H3. The van der Waals surface area contributed by atoms with Crippen molar-refractivity contribution in [2.75, 3.05) is 38.4 Å². The Morgan fingerprint density at radius 3 is 2.39 bits per heavy atom. The lowest BCUT2D eigenvalue weighted by Crippen LogP contribution is -2.13. The van der Waals surface area contributed by atoms with Gasteiger partial charge in [-0.1, -0.05) is 0 Å². The van der Waals surface area contributed by atoms with Gasteiger partial charge in [-0.05, 0) is 30.7 Å². The molecule has 102 valence electrons. The zero-order valence-corrected chi connectivity index (χ0v) is 11.3. The molecular weight excluding hydrogens is 254 g/mol. The molecule has 0 fully saturated rings. The zero-order valence-electron chi connectivity index (χ0n) is 10.5. The summed E-state index contributed by atoms with van der Waals surface area (Å²) in [7, 11) is -1.66. The third-order valence-corrected chi connectivity index (χ3v) is 4.07. The summed E-state index contributed by atoms with van der Waals surface area (Å²) in [6.07, 6.45) is 0.762. The van der Waals surface area contributed by atoms with Gasteiger partial charge in [0.1, 0.15) is 0 Å². The number of sulfone groups is 1. The zero-order chi connectivity index (χ0) is 13.4. The second kappa shape index (κ2) is 7.35. The molecule has 0 aliphatic heterocycles. The highest BCUT2D eigenvalue weighted by Crippen LogP contribution is 2.13. The Hall–Kier alpha value is -1.11. The summed E-state index contributed by atoms with van der Waals surface area (Å²) in [4.78, 5) is 0.275. The Bertz CT molecular complexity index is 442. The van der Waals surface area contributed by atoms with Crippen LogP contribution in [0.3, 0.4) is 0 Å². The van der Waals surface area contributed by atoms with Gasteiger partial charge in [0.05, 0.1) is 17.3 Å². The molecule has 0 saturated heterocycles. The number of ether oxygens (including phenoxy) is 2. The lowest BCUT2D eigenvalue weighted by atomic mass is 10.3. The van der Waals surface area contributed by atoms with Gasteiger partial charge in [-0.3, -0.25) is 0 Å². The molecular formula is C12H19NO4S. The van der Waals surface area contributed by atoms with Crippen molar-refractivity contribution in [3.63, 3.8) is 0 Å². The van der Waals surface area contributed by atoms with Crippen LogP contribution in [-0.4, -0.2) is 41.1 Å². The predicted octanol–water partition coefficient (Wildman–Crippen LogP) is 1.10. The van der Waals surface area contributed by atoms with E-state index in [0.717, 1.165) is 6.42 Å². The molecule has 6 heteroatoms. The number of rotatable bonds is 8. The Morgan fingerprint density at radius 2 is 1.78 bits per heavy atom. The largest absolute Gasteiger partial charge is 0.399 e. The van der Waals surface area contributed by atoms with Crippen LogP contribution in [0.2, 0.25) is 0 Å². The van der Waals surface area contributed by atoms with Gasteiger partial charge in [-0.25, -0.2) is 8.42 Å². The van der Waals surface area contributed by atoms with Crippen molar-refractivity contribution in [2.45, 2.75) is 11.3 Å². The van der Waals surface area contributed by atoms with Crippen LogP contribution in [0.25, 0.3) is 0 Å². The fraction of sp³-hybridized carbons (Fsp3) is 0.500. The maximum atomic E-state index is 11.9. The van der Waals surface area contributed by atoms with E-state index in [-0.39, 0.29) is 17.3 Å². The van der Waals surface area contributed by atoms with Gasteiger partial charge in [0.15, 0.2) is 9.84 Å². The molecule has 2 N–H and O–H groups in total. The van der Waals surface area contributed by atoms with Gasteiger partial charge in [-0.15, -0.1) is 0 Å². The monoisotopic (exact) mass is 273 g/mol. The first-order valence-electron chi connectivity index (χ1n) is 5.71.